The van der Waals surface area contributed by atoms with Crippen molar-refractivity contribution in [2.45, 2.75) is 18.7 Å². The van der Waals surface area contributed by atoms with E-state index in [1.807, 2.05) is 13.0 Å². The van der Waals surface area contributed by atoms with Crippen LogP contribution in [0.1, 0.15) is 16.7 Å². The first-order valence-electron chi connectivity index (χ1n) is 9.51. The number of nitro benzene ring substituents is 1. The maximum Gasteiger partial charge on any atom is 0.270 e. The molecule has 3 aromatic rings. The van der Waals surface area contributed by atoms with Crippen molar-refractivity contribution < 1.29 is 18.1 Å². The SMILES string of the molecule is COc1ccc(C=NNc2ccc([N+](=O)[O-])cc2S(=O)(=O)Nc2ccc(C)cc2C)cc1. The van der Waals surface area contributed by atoms with E-state index < -0.39 is 14.9 Å². The Morgan fingerprint density at radius 2 is 1.69 bits per heavy atom. The molecule has 0 saturated heterocycles. The quantitative estimate of drug-likeness (QED) is 0.294. The van der Waals surface area contributed by atoms with Crippen LogP contribution in [-0.4, -0.2) is 26.7 Å². The smallest absolute Gasteiger partial charge is 0.270 e. The lowest BCUT2D eigenvalue weighted by Gasteiger charge is -2.14. The lowest BCUT2D eigenvalue weighted by atomic mass is 10.1. The lowest BCUT2D eigenvalue weighted by molar-refractivity contribution is -0.385. The van der Waals surface area contributed by atoms with Crippen molar-refractivity contribution in [3.63, 3.8) is 0 Å². The van der Waals surface area contributed by atoms with Gasteiger partial charge in [-0.3, -0.25) is 20.3 Å². The van der Waals surface area contributed by atoms with Crippen LogP contribution in [0.25, 0.3) is 0 Å². The molecule has 10 heteroatoms. The summed E-state index contributed by atoms with van der Waals surface area (Å²) >= 11 is 0. The van der Waals surface area contributed by atoms with Crippen LogP contribution < -0.4 is 14.9 Å². The zero-order valence-corrected chi connectivity index (χ0v) is 18.5. The second-order valence-corrected chi connectivity index (χ2v) is 8.66. The highest BCUT2D eigenvalue weighted by molar-refractivity contribution is 7.92. The third-order valence-corrected chi connectivity index (χ3v) is 6.01. The summed E-state index contributed by atoms with van der Waals surface area (Å²) < 4.78 is 33.8. The van der Waals surface area contributed by atoms with Gasteiger partial charge in [-0.15, -0.1) is 0 Å². The van der Waals surface area contributed by atoms with E-state index in [4.69, 9.17) is 4.74 Å². The number of rotatable bonds is 8. The van der Waals surface area contributed by atoms with Crippen LogP contribution in [0.4, 0.5) is 17.1 Å². The molecule has 0 aromatic heterocycles. The molecule has 0 saturated carbocycles. The third kappa shape index (κ3) is 5.41. The van der Waals surface area contributed by atoms with Gasteiger partial charge in [0, 0.05) is 12.1 Å². The molecule has 0 amide bonds. The number of ether oxygens (including phenoxy) is 1. The molecule has 0 aliphatic heterocycles. The zero-order chi connectivity index (χ0) is 23.3. The second-order valence-electron chi connectivity index (χ2n) is 7.00. The first-order chi connectivity index (χ1) is 15.2. The van der Waals surface area contributed by atoms with Gasteiger partial charge in [-0.2, -0.15) is 5.10 Å². The number of non-ortho nitro benzene ring substituents is 1. The van der Waals surface area contributed by atoms with Crippen LogP contribution in [0.15, 0.2) is 70.7 Å². The molecule has 0 heterocycles. The van der Waals surface area contributed by atoms with Crippen molar-refractivity contribution in [1.29, 1.82) is 0 Å². The maximum absolute atomic E-state index is 13.1. The van der Waals surface area contributed by atoms with Gasteiger partial charge in [-0.1, -0.05) is 17.7 Å². The van der Waals surface area contributed by atoms with Gasteiger partial charge in [0.2, 0.25) is 0 Å². The Kier molecular flexibility index (Phi) is 6.74. The van der Waals surface area contributed by atoms with Gasteiger partial charge in [0.1, 0.15) is 10.6 Å². The Hall–Kier alpha value is -3.92. The van der Waals surface area contributed by atoms with Gasteiger partial charge in [0.05, 0.1) is 29.6 Å². The molecule has 0 unspecified atom stereocenters. The standard InChI is InChI=1S/C22H22N4O5S/c1-15-4-10-20(16(2)12-15)25-32(29,30)22-13-18(26(27)28)7-11-21(22)24-23-14-17-5-8-19(31-3)9-6-17/h4-14,24-25H,1-3H3. The number of aryl methyl sites for hydroxylation is 2. The average molecular weight is 455 g/mol. The Morgan fingerprint density at radius 1 is 1.00 bits per heavy atom. The summed E-state index contributed by atoms with van der Waals surface area (Å²) in [7, 11) is -2.58. The molecular weight excluding hydrogens is 432 g/mol. The number of nitrogens with one attached hydrogen (secondary N) is 2. The van der Waals surface area contributed by atoms with E-state index in [9.17, 15) is 18.5 Å². The van der Waals surface area contributed by atoms with E-state index >= 15 is 0 Å². The van der Waals surface area contributed by atoms with E-state index in [0.717, 1.165) is 22.8 Å². The topological polar surface area (TPSA) is 123 Å². The van der Waals surface area contributed by atoms with Crippen molar-refractivity contribution in [3.8, 4) is 5.75 Å². The number of anilines is 2. The molecule has 0 atom stereocenters. The van der Waals surface area contributed by atoms with Crippen LogP contribution >= 0.6 is 0 Å². The molecule has 0 aliphatic rings. The first-order valence-corrected chi connectivity index (χ1v) is 11.0. The molecule has 32 heavy (non-hydrogen) atoms. The molecule has 0 aliphatic carbocycles. The molecule has 166 valence electrons. The van der Waals surface area contributed by atoms with Gasteiger partial charge >= 0.3 is 0 Å². The van der Waals surface area contributed by atoms with Gasteiger partial charge in [-0.05, 0) is 61.4 Å². The number of nitrogens with zero attached hydrogens (tertiary/aromatic N) is 2. The predicted molar refractivity (Wildman–Crippen MR) is 124 cm³/mol. The molecule has 0 radical (unpaired) electrons. The highest BCUT2D eigenvalue weighted by atomic mass is 32.2. The predicted octanol–water partition coefficient (Wildman–Crippen LogP) is 4.47. The monoisotopic (exact) mass is 454 g/mol. The van der Waals surface area contributed by atoms with Crippen LogP contribution in [-0.2, 0) is 10.0 Å². The summed E-state index contributed by atoms with van der Waals surface area (Å²) in [6.45, 7) is 3.67. The van der Waals surface area contributed by atoms with Gasteiger partial charge in [0.25, 0.3) is 15.7 Å². The third-order valence-electron chi connectivity index (χ3n) is 4.61. The molecule has 3 rings (SSSR count). The van der Waals surface area contributed by atoms with Crippen molar-refractivity contribution in [1.82, 2.24) is 0 Å². The van der Waals surface area contributed by atoms with Crippen molar-refractivity contribution in [2.75, 3.05) is 17.3 Å². The van der Waals surface area contributed by atoms with E-state index in [-0.39, 0.29) is 16.3 Å². The van der Waals surface area contributed by atoms with Crippen LogP contribution in [0.3, 0.4) is 0 Å². The Labute approximate surface area is 185 Å². The Balaban J connectivity index is 1.92. The second kappa shape index (κ2) is 9.48. The fourth-order valence-corrected chi connectivity index (χ4v) is 4.24. The minimum atomic E-state index is -4.15. The van der Waals surface area contributed by atoms with Gasteiger partial charge < -0.3 is 4.74 Å². The molecule has 0 spiro atoms. The van der Waals surface area contributed by atoms with E-state index in [0.29, 0.717) is 11.4 Å². The van der Waals surface area contributed by atoms with E-state index in [1.54, 1.807) is 50.4 Å². The number of sulfonamides is 1. The summed E-state index contributed by atoms with van der Waals surface area (Å²) in [5.41, 5.74) is 5.25. The Bertz CT molecular complexity index is 1270. The molecular formula is C22H22N4O5S. The van der Waals surface area contributed by atoms with Gasteiger partial charge in [0.15, 0.2) is 0 Å². The molecule has 2 N–H and O–H groups in total. The normalized spacial score (nSPS) is 11.3. The number of hydrogen-bond acceptors (Lipinski definition) is 7. The largest absolute Gasteiger partial charge is 0.497 e. The number of nitro groups is 1. The fraction of sp³-hybridized carbons (Fsp3) is 0.136. The number of benzene rings is 3. The average Bonchev–Trinajstić information content (AvgIpc) is 2.76. The molecule has 0 fully saturated rings. The Morgan fingerprint density at radius 3 is 2.31 bits per heavy atom. The molecule has 3 aromatic carbocycles. The van der Waals surface area contributed by atoms with E-state index in [2.05, 4.69) is 15.2 Å². The minimum absolute atomic E-state index is 0.0950. The van der Waals surface area contributed by atoms with Gasteiger partial charge in [-0.25, -0.2) is 8.42 Å². The lowest BCUT2D eigenvalue weighted by Crippen LogP contribution is -2.16. The number of methoxy groups -OCH3 is 1. The number of hydrogen-bond donors (Lipinski definition) is 2. The number of hydrazone groups is 1. The summed E-state index contributed by atoms with van der Waals surface area (Å²) in [6, 6.07) is 15.8. The molecule has 9 nitrogen and oxygen atoms in total. The van der Waals surface area contributed by atoms with Crippen molar-refractivity contribution in [3.05, 3.63) is 87.5 Å². The van der Waals surface area contributed by atoms with E-state index in [1.165, 1.54) is 18.3 Å². The summed E-state index contributed by atoms with van der Waals surface area (Å²) in [4.78, 5) is 10.3. The minimum Gasteiger partial charge on any atom is -0.497 e. The van der Waals surface area contributed by atoms with Crippen LogP contribution in [0, 0.1) is 24.0 Å². The van der Waals surface area contributed by atoms with Crippen molar-refractivity contribution >= 4 is 33.3 Å². The van der Waals surface area contributed by atoms with Crippen molar-refractivity contribution in [2.24, 2.45) is 5.10 Å². The summed E-state index contributed by atoms with van der Waals surface area (Å²) in [5.74, 6) is 0.691. The fourth-order valence-electron chi connectivity index (χ4n) is 2.93. The summed E-state index contributed by atoms with van der Waals surface area (Å²) in [5, 5.41) is 15.3. The molecule has 0 bridgehead atoms. The van der Waals surface area contributed by atoms with Crippen LogP contribution in [0.2, 0.25) is 0 Å². The van der Waals surface area contributed by atoms with Crippen LogP contribution in [0.5, 0.6) is 5.75 Å². The highest BCUT2D eigenvalue weighted by Gasteiger charge is 2.23. The summed E-state index contributed by atoms with van der Waals surface area (Å²) in [6.07, 6.45) is 1.49. The highest BCUT2D eigenvalue weighted by Crippen LogP contribution is 2.29. The maximum atomic E-state index is 13.1. The first kappa shape index (κ1) is 22.8. The zero-order valence-electron chi connectivity index (χ0n) is 17.7.